The summed E-state index contributed by atoms with van der Waals surface area (Å²) < 4.78 is 7.03. The highest BCUT2D eigenvalue weighted by Crippen LogP contribution is 2.01. The van der Waals surface area contributed by atoms with Crippen molar-refractivity contribution in [1.82, 2.24) is 9.88 Å². The molecule has 0 aliphatic heterocycles. The maximum Gasteiger partial charge on any atom is 0.307 e. The molecule has 0 aliphatic rings. The van der Waals surface area contributed by atoms with Gasteiger partial charge in [-0.1, -0.05) is 6.92 Å². The lowest BCUT2D eigenvalue weighted by Gasteiger charge is -2.03. The van der Waals surface area contributed by atoms with Crippen molar-refractivity contribution in [2.45, 2.75) is 39.8 Å². The molecule has 0 amide bonds. The lowest BCUT2D eigenvalue weighted by Crippen LogP contribution is -2.18. The van der Waals surface area contributed by atoms with Crippen molar-refractivity contribution in [3.63, 3.8) is 0 Å². The third-order valence-corrected chi connectivity index (χ3v) is 2.43. The van der Waals surface area contributed by atoms with E-state index in [2.05, 4.69) is 35.3 Å². The van der Waals surface area contributed by atoms with Crippen LogP contribution in [-0.2, 0) is 22.6 Å². The van der Waals surface area contributed by atoms with Crippen LogP contribution in [0.3, 0.4) is 0 Å². The van der Waals surface area contributed by atoms with Crippen LogP contribution in [0.25, 0.3) is 0 Å². The van der Waals surface area contributed by atoms with E-state index in [1.807, 2.05) is 6.92 Å². The topological polar surface area (TPSA) is 43.3 Å². The van der Waals surface area contributed by atoms with Crippen molar-refractivity contribution in [2.75, 3.05) is 13.2 Å². The van der Waals surface area contributed by atoms with Crippen LogP contribution in [0.1, 0.15) is 32.3 Å². The highest BCUT2D eigenvalue weighted by atomic mass is 16.5. The molecule has 1 heterocycles. The number of ether oxygens (including phenoxy) is 1. The van der Waals surface area contributed by atoms with Gasteiger partial charge in [-0.2, -0.15) is 0 Å². The first-order valence-electron chi connectivity index (χ1n) is 6.27. The number of esters is 1. The predicted molar refractivity (Wildman–Crippen MR) is 67.7 cm³/mol. The van der Waals surface area contributed by atoms with E-state index in [0.29, 0.717) is 19.6 Å². The molecule has 0 unspecified atom stereocenters. The fourth-order valence-corrected chi connectivity index (χ4v) is 1.65. The number of rotatable bonds is 8. The SMILES string of the molecule is CCCn1ccc(CNCCC(=O)OCC)c1. The van der Waals surface area contributed by atoms with Gasteiger partial charge in [0.1, 0.15) is 0 Å². The Balaban J connectivity index is 2.15. The second-order valence-corrected chi connectivity index (χ2v) is 3.99. The van der Waals surface area contributed by atoms with Gasteiger partial charge in [-0.05, 0) is 25.0 Å². The van der Waals surface area contributed by atoms with E-state index in [1.165, 1.54) is 5.56 Å². The van der Waals surface area contributed by atoms with Gasteiger partial charge in [0.05, 0.1) is 13.0 Å². The van der Waals surface area contributed by atoms with Crippen molar-refractivity contribution < 1.29 is 9.53 Å². The van der Waals surface area contributed by atoms with Crippen LogP contribution in [0.15, 0.2) is 18.5 Å². The summed E-state index contributed by atoms with van der Waals surface area (Å²) in [6, 6.07) is 2.10. The van der Waals surface area contributed by atoms with Crippen LogP contribution < -0.4 is 5.32 Å². The molecule has 4 heteroatoms. The quantitative estimate of drug-likeness (QED) is 0.556. The lowest BCUT2D eigenvalue weighted by atomic mass is 10.3. The summed E-state index contributed by atoms with van der Waals surface area (Å²) in [5.74, 6) is -0.136. The second kappa shape index (κ2) is 7.90. The van der Waals surface area contributed by atoms with Gasteiger partial charge in [0.15, 0.2) is 0 Å². The molecule has 0 fully saturated rings. The molecule has 0 saturated carbocycles. The molecule has 0 aromatic carbocycles. The fraction of sp³-hybridized carbons (Fsp3) is 0.615. The van der Waals surface area contributed by atoms with Gasteiger partial charge in [0.2, 0.25) is 0 Å². The van der Waals surface area contributed by atoms with Crippen LogP contribution in [0.5, 0.6) is 0 Å². The van der Waals surface area contributed by atoms with E-state index in [1.54, 1.807) is 0 Å². The number of nitrogens with one attached hydrogen (secondary N) is 1. The monoisotopic (exact) mass is 238 g/mol. The molecule has 0 saturated heterocycles. The molecule has 0 bridgehead atoms. The van der Waals surface area contributed by atoms with Gasteiger partial charge in [0, 0.05) is 32.0 Å². The van der Waals surface area contributed by atoms with E-state index in [9.17, 15) is 4.79 Å². The summed E-state index contributed by atoms with van der Waals surface area (Å²) in [6.45, 7) is 6.97. The zero-order chi connectivity index (χ0) is 12.5. The standard InChI is InChI=1S/C13H22N2O2/c1-3-8-15-9-6-12(11-15)10-14-7-5-13(16)17-4-2/h6,9,11,14H,3-5,7-8,10H2,1-2H3. The maximum absolute atomic E-state index is 11.1. The molecule has 1 N–H and O–H groups in total. The van der Waals surface area contributed by atoms with Gasteiger partial charge in [-0.3, -0.25) is 4.79 Å². The minimum atomic E-state index is -0.136. The number of carbonyl (C=O) groups is 1. The molecule has 96 valence electrons. The molecule has 0 aliphatic carbocycles. The minimum Gasteiger partial charge on any atom is -0.466 e. The number of carbonyl (C=O) groups excluding carboxylic acids is 1. The van der Waals surface area contributed by atoms with Crippen LogP contribution in [-0.4, -0.2) is 23.7 Å². The molecule has 0 radical (unpaired) electrons. The molecular formula is C13H22N2O2. The van der Waals surface area contributed by atoms with Gasteiger partial charge >= 0.3 is 5.97 Å². The normalized spacial score (nSPS) is 10.5. The molecule has 4 nitrogen and oxygen atoms in total. The number of aryl methyl sites for hydroxylation is 1. The van der Waals surface area contributed by atoms with Crippen molar-refractivity contribution in [2.24, 2.45) is 0 Å². The molecular weight excluding hydrogens is 216 g/mol. The Morgan fingerprint density at radius 3 is 3.00 bits per heavy atom. The Morgan fingerprint density at radius 1 is 1.47 bits per heavy atom. The van der Waals surface area contributed by atoms with Crippen LogP contribution in [0.4, 0.5) is 0 Å². The van der Waals surface area contributed by atoms with Crippen LogP contribution >= 0.6 is 0 Å². The number of nitrogens with zero attached hydrogens (tertiary/aromatic N) is 1. The van der Waals surface area contributed by atoms with E-state index in [4.69, 9.17) is 4.74 Å². The van der Waals surface area contributed by atoms with E-state index in [-0.39, 0.29) is 5.97 Å². The summed E-state index contributed by atoms with van der Waals surface area (Å²) in [4.78, 5) is 11.1. The van der Waals surface area contributed by atoms with Crippen LogP contribution in [0, 0.1) is 0 Å². The van der Waals surface area contributed by atoms with Crippen molar-refractivity contribution in [1.29, 1.82) is 0 Å². The van der Waals surface area contributed by atoms with Crippen molar-refractivity contribution in [3.8, 4) is 0 Å². The lowest BCUT2D eigenvalue weighted by molar-refractivity contribution is -0.142. The van der Waals surface area contributed by atoms with E-state index < -0.39 is 0 Å². The van der Waals surface area contributed by atoms with Gasteiger partial charge < -0.3 is 14.6 Å². The summed E-state index contributed by atoms with van der Waals surface area (Å²) in [6.07, 6.45) is 5.81. The van der Waals surface area contributed by atoms with Crippen molar-refractivity contribution >= 4 is 5.97 Å². The first-order valence-corrected chi connectivity index (χ1v) is 6.27. The van der Waals surface area contributed by atoms with Crippen molar-refractivity contribution in [3.05, 3.63) is 24.0 Å². The summed E-state index contributed by atoms with van der Waals surface area (Å²) >= 11 is 0. The molecule has 1 aromatic rings. The maximum atomic E-state index is 11.1. The Kier molecular flexibility index (Phi) is 6.40. The molecule has 0 spiro atoms. The summed E-state index contributed by atoms with van der Waals surface area (Å²) in [5.41, 5.74) is 1.25. The predicted octanol–water partition coefficient (Wildman–Crippen LogP) is 1.94. The number of aromatic nitrogens is 1. The molecule has 17 heavy (non-hydrogen) atoms. The fourth-order valence-electron chi connectivity index (χ4n) is 1.65. The Morgan fingerprint density at radius 2 is 2.29 bits per heavy atom. The average molecular weight is 238 g/mol. The van der Waals surface area contributed by atoms with E-state index >= 15 is 0 Å². The molecule has 1 aromatic heterocycles. The second-order valence-electron chi connectivity index (χ2n) is 3.99. The number of hydrogen-bond donors (Lipinski definition) is 1. The van der Waals surface area contributed by atoms with Gasteiger partial charge in [-0.25, -0.2) is 0 Å². The zero-order valence-electron chi connectivity index (χ0n) is 10.7. The molecule has 0 atom stereocenters. The Hall–Kier alpha value is -1.29. The zero-order valence-corrected chi connectivity index (χ0v) is 10.7. The summed E-state index contributed by atoms with van der Waals surface area (Å²) in [5, 5.41) is 3.23. The third-order valence-electron chi connectivity index (χ3n) is 2.43. The number of hydrogen-bond acceptors (Lipinski definition) is 3. The smallest absolute Gasteiger partial charge is 0.307 e. The first-order chi connectivity index (χ1) is 8.26. The highest BCUT2D eigenvalue weighted by molar-refractivity contribution is 5.69. The van der Waals surface area contributed by atoms with E-state index in [0.717, 1.165) is 19.5 Å². The highest BCUT2D eigenvalue weighted by Gasteiger charge is 2.01. The van der Waals surface area contributed by atoms with Gasteiger partial charge in [0.25, 0.3) is 0 Å². The Bertz CT molecular complexity index is 334. The average Bonchev–Trinajstić information content (AvgIpc) is 2.73. The largest absolute Gasteiger partial charge is 0.466 e. The first kappa shape index (κ1) is 13.8. The van der Waals surface area contributed by atoms with Crippen LogP contribution in [0.2, 0.25) is 0 Å². The Labute approximate surface area is 103 Å². The third kappa shape index (κ3) is 5.54. The minimum absolute atomic E-state index is 0.136. The summed E-state index contributed by atoms with van der Waals surface area (Å²) in [7, 11) is 0. The molecule has 1 rings (SSSR count). The van der Waals surface area contributed by atoms with Gasteiger partial charge in [-0.15, -0.1) is 0 Å².